The molecule has 2 aromatic rings. The number of aromatic nitrogens is 3. The molecule has 0 atom stereocenters. The van der Waals surface area contributed by atoms with Crippen LogP contribution in [0, 0.1) is 0 Å². The second-order valence-corrected chi connectivity index (χ2v) is 4.68. The Kier molecular flexibility index (Phi) is 5.34. The van der Waals surface area contributed by atoms with Crippen LogP contribution in [0.2, 0.25) is 10.0 Å². The Labute approximate surface area is 126 Å². The highest BCUT2D eigenvalue weighted by Gasteiger charge is 2.05. The molecule has 20 heavy (non-hydrogen) atoms. The van der Waals surface area contributed by atoms with Gasteiger partial charge in [0.15, 0.2) is 5.82 Å². The van der Waals surface area contributed by atoms with Crippen LogP contribution >= 0.6 is 23.2 Å². The van der Waals surface area contributed by atoms with Gasteiger partial charge in [-0.25, -0.2) is 0 Å². The summed E-state index contributed by atoms with van der Waals surface area (Å²) in [4.78, 5) is 4.26. The molecule has 1 aromatic carbocycles. The van der Waals surface area contributed by atoms with Crippen LogP contribution < -0.4 is 10.6 Å². The second kappa shape index (κ2) is 7.23. The van der Waals surface area contributed by atoms with E-state index in [0.717, 1.165) is 0 Å². The lowest BCUT2D eigenvalue weighted by molar-refractivity contribution is 0.210. The molecule has 0 amide bonds. The van der Waals surface area contributed by atoms with Crippen molar-refractivity contribution in [3.8, 4) is 0 Å². The highest BCUT2D eigenvalue weighted by atomic mass is 35.5. The van der Waals surface area contributed by atoms with Gasteiger partial charge in [0.1, 0.15) is 0 Å². The van der Waals surface area contributed by atoms with Crippen LogP contribution in [0.1, 0.15) is 0 Å². The fourth-order valence-electron chi connectivity index (χ4n) is 1.44. The molecule has 1 aromatic heterocycles. The number of nitrogens with zero attached hydrogens (tertiary/aromatic N) is 3. The van der Waals surface area contributed by atoms with E-state index in [9.17, 15) is 0 Å². The number of hydrogen-bond donors (Lipinski definition) is 2. The number of halogens is 2. The average Bonchev–Trinajstić information content (AvgIpc) is 2.44. The predicted octanol–water partition coefficient (Wildman–Crippen LogP) is 2.98. The van der Waals surface area contributed by atoms with Gasteiger partial charge in [-0.2, -0.15) is 10.1 Å². The third kappa shape index (κ3) is 4.19. The molecule has 0 aliphatic heterocycles. The van der Waals surface area contributed by atoms with Crippen molar-refractivity contribution in [2.75, 3.05) is 30.9 Å². The van der Waals surface area contributed by atoms with Crippen LogP contribution in [-0.2, 0) is 4.74 Å². The topological polar surface area (TPSA) is 72.0 Å². The Bertz CT molecular complexity index is 582. The van der Waals surface area contributed by atoms with Crippen molar-refractivity contribution in [3.05, 3.63) is 34.4 Å². The monoisotopic (exact) mass is 313 g/mol. The van der Waals surface area contributed by atoms with Crippen molar-refractivity contribution >= 4 is 40.7 Å². The number of anilines is 3. The summed E-state index contributed by atoms with van der Waals surface area (Å²) in [5.41, 5.74) is 0.620. The second-order valence-electron chi connectivity index (χ2n) is 3.83. The number of rotatable bonds is 6. The van der Waals surface area contributed by atoms with E-state index >= 15 is 0 Å². The molecule has 0 saturated carbocycles. The number of methoxy groups -OCH3 is 1. The maximum atomic E-state index is 6.06. The minimum atomic E-state index is 0.330. The minimum Gasteiger partial charge on any atom is -0.383 e. The third-order valence-corrected chi connectivity index (χ3v) is 2.91. The van der Waals surface area contributed by atoms with Crippen LogP contribution in [0.5, 0.6) is 0 Å². The molecule has 8 heteroatoms. The van der Waals surface area contributed by atoms with Gasteiger partial charge < -0.3 is 15.4 Å². The van der Waals surface area contributed by atoms with Gasteiger partial charge >= 0.3 is 0 Å². The summed E-state index contributed by atoms with van der Waals surface area (Å²) in [5, 5.41) is 14.9. The molecule has 0 radical (unpaired) electrons. The van der Waals surface area contributed by atoms with Crippen molar-refractivity contribution in [1.82, 2.24) is 15.2 Å². The molecule has 0 unspecified atom stereocenters. The van der Waals surface area contributed by atoms with Crippen LogP contribution in [0.15, 0.2) is 24.4 Å². The largest absolute Gasteiger partial charge is 0.383 e. The molecule has 0 saturated heterocycles. The molecule has 6 nitrogen and oxygen atoms in total. The first-order valence-corrected chi connectivity index (χ1v) is 6.59. The smallest absolute Gasteiger partial charge is 0.249 e. The van der Waals surface area contributed by atoms with E-state index in [-0.39, 0.29) is 0 Å². The van der Waals surface area contributed by atoms with Crippen molar-refractivity contribution in [3.63, 3.8) is 0 Å². The molecule has 0 aliphatic rings. The molecule has 0 bridgehead atoms. The van der Waals surface area contributed by atoms with Gasteiger partial charge in [0.05, 0.1) is 23.5 Å². The maximum absolute atomic E-state index is 6.06. The summed E-state index contributed by atoms with van der Waals surface area (Å²) in [7, 11) is 1.63. The zero-order valence-electron chi connectivity index (χ0n) is 10.7. The fourth-order valence-corrected chi connectivity index (χ4v) is 1.77. The number of ether oxygens (including phenoxy) is 1. The first-order chi connectivity index (χ1) is 9.69. The molecule has 1 heterocycles. The summed E-state index contributed by atoms with van der Waals surface area (Å²) < 4.78 is 4.94. The molecule has 106 valence electrons. The van der Waals surface area contributed by atoms with Gasteiger partial charge in [-0.3, -0.25) is 0 Å². The van der Waals surface area contributed by atoms with E-state index in [4.69, 9.17) is 27.9 Å². The van der Waals surface area contributed by atoms with Gasteiger partial charge in [0.2, 0.25) is 5.95 Å². The van der Waals surface area contributed by atoms with Gasteiger partial charge in [0, 0.05) is 18.7 Å². The molecule has 0 fully saturated rings. The van der Waals surface area contributed by atoms with Crippen LogP contribution in [0.3, 0.4) is 0 Å². The third-order valence-electron chi connectivity index (χ3n) is 2.35. The van der Waals surface area contributed by atoms with Gasteiger partial charge in [-0.05, 0) is 18.2 Å². The Morgan fingerprint density at radius 3 is 2.95 bits per heavy atom. The SMILES string of the molecule is COCCNc1cnnc(Nc2cc(Cl)ccc2Cl)n1. The zero-order valence-corrected chi connectivity index (χ0v) is 12.2. The molecule has 2 N–H and O–H groups in total. The highest BCUT2D eigenvalue weighted by molar-refractivity contribution is 6.35. The molecule has 2 rings (SSSR count). The normalized spacial score (nSPS) is 10.3. The van der Waals surface area contributed by atoms with E-state index < -0.39 is 0 Å². The molecule has 0 aliphatic carbocycles. The predicted molar refractivity (Wildman–Crippen MR) is 79.9 cm³/mol. The number of hydrogen-bond acceptors (Lipinski definition) is 6. The summed E-state index contributed by atoms with van der Waals surface area (Å²) >= 11 is 12.0. The number of benzene rings is 1. The summed E-state index contributed by atoms with van der Waals surface area (Å²) in [6.45, 7) is 1.21. The van der Waals surface area contributed by atoms with E-state index in [1.165, 1.54) is 6.20 Å². The maximum Gasteiger partial charge on any atom is 0.249 e. The minimum absolute atomic E-state index is 0.330. The summed E-state index contributed by atoms with van der Waals surface area (Å²) in [5.74, 6) is 0.925. The quantitative estimate of drug-likeness (QED) is 0.799. The van der Waals surface area contributed by atoms with Gasteiger partial charge in [0.25, 0.3) is 0 Å². The van der Waals surface area contributed by atoms with E-state index in [0.29, 0.717) is 40.7 Å². The first-order valence-electron chi connectivity index (χ1n) is 5.83. The lowest BCUT2D eigenvalue weighted by Gasteiger charge is -2.08. The summed E-state index contributed by atoms with van der Waals surface area (Å²) in [6, 6.07) is 5.09. The Morgan fingerprint density at radius 2 is 2.15 bits per heavy atom. The van der Waals surface area contributed by atoms with E-state index in [1.54, 1.807) is 25.3 Å². The van der Waals surface area contributed by atoms with Crippen molar-refractivity contribution in [2.45, 2.75) is 0 Å². The number of nitrogens with one attached hydrogen (secondary N) is 2. The summed E-state index contributed by atoms with van der Waals surface area (Å²) in [6.07, 6.45) is 1.53. The van der Waals surface area contributed by atoms with Crippen LogP contribution in [0.4, 0.5) is 17.5 Å². The Balaban J connectivity index is 2.09. The zero-order chi connectivity index (χ0) is 14.4. The van der Waals surface area contributed by atoms with Crippen LogP contribution in [-0.4, -0.2) is 35.4 Å². The first kappa shape index (κ1) is 14.8. The van der Waals surface area contributed by atoms with Crippen molar-refractivity contribution in [2.24, 2.45) is 0 Å². The van der Waals surface area contributed by atoms with E-state index in [1.807, 2.05) is 0 Å². The van der Waals surface area contributed by atoms with Crippen molar-refractivity contribution < 1.29 is 4.74 Å². The van der Waals surface area contributed by atoms with Gasteiger partial charge in [-0.15, -0.1) is 5.10 Å². The molecular formula is C12H13Cl2N5O. The Hall–Kier alpha value is -1.63. The van der Waals surface area contributed by atoms with Gasteiger partial charge in [-0.1, -0.05) is 23.2 Å². The molecular weight excluding hydrogens is 301 g/mol. The molecule has 0 spiro atoms. The fraction of sp³-hybridized carbons (Fsp3) is 0.250. The lowest BCUT2D eigenvalue weighted by Crippen LogP contribution is -2.10. The highest BCUT2D eigenvalue weighted by Crippen LogP contribution is 2.27. The Morgan fingerprint density at radius 1 is 1.30 bits per heavy atom. The van der Waals surface area contributed by atoms with Crippen LogP contribution in [0.25, 0.3) is 0 Å². The van der Waals surface area contributed by atoms with E-state index in [2.05, 4.69) is 25.8 Å². The lowest BCUT2D eigenvalue weighted by atomic mass is 10.3. The van der Waals surface area contributed by atoms with Crippen molar-refractivity contribution in [1.29, 1.82) is 0 Å². The standard InChI is InChI=1S/C12H13Cl2N5O/c1-20-5-4-15-11-7-16-19-12(18-11)17-10-6-8(13)2-3-9(10)14/h2-3,6-7H,4-5H2,1H3,(H2,15,17,18,19). The average molecular weight is 314 g/mol.